The van der Waals surface area contributed by atoms with Crippen molar-refractivity contribution >= 4 is 11.8 Å². The van der Waals surface area contributed by atoms with Gasteiger partial charge < -0.3 is 9.80 Å². The molecule has 2 aliphatic rings. The Morgan fingerprint density at radius 3 is 2.52 bits per heavy atom. The van der Waals surface area contributed by atoms with Crippen LogP contribution in [0.3, 0.4) is 0 Å². The summed E-state index contributed by atoms with van der Waals surface area (Å²) in [7, 11) is 0. The summed E-state index contributed by atoms with van der Waals surface area (Å²) in [5.41, 5.74) is 1.00. The Bertz CT molecular complexity index is 941. The van der Waals surface area contributed by atoms with Crippen molar-refractivity contribution in [2.24, 2.45) is 5.92 Å². The number of carbonyl (C=O) groups excluding carboxylic acids is 2. The van der Waals surface area contributed by atoms with Gasteiger partial charge in [-0.1, -0.05) is 56.7 Å². The van der Waals surface area contributed by atoms with Crippen LogP contribution in [0, 0.1) is 11.7 Å². The molecule has 0 radical (unpaired) electrons. The maximum atomic E-state index is 13.6. The second-order valence-corrected chi connectivity index (χ2v) is 8.75. The quantitative estimate of drug-likeness (QED) is 0.796. The predicted molar refractivity (Wildman–Crippen MR) is 118 cm³/mol. The Kier molecular flexibility index (Phi) is 6.10. The summed E-state index contributed by atoms with van der Waals surface area (Å²) < 4.78 is 13.6. The number of rotatable bonds is 5. The summed E-state index contributed by atoms with van der Waals surface area (Å²) in [5.74, 6) is -0.195. The van der Waals surface area contributed by atoms with Crippen molar-refractivity contribution < 1.29 is 14.0 Å². The van der Waals surface area contributed by atoms with E-state index in [1.807, 2.05) is 35.2 Å². The molecule has 0 bridgehead atoms. The van der Waals surface area contributed by atoms with Crippen LogP contribution in [0.2, 0.25) is 0 Å². The first-order valence-corrected chi connectivity index (χ1v) is 11.1. The number of hydrogen-bond acceptors (Lipinski definition) is 3. The lowest BCUT2D eigenvalue weighted by molar-refractivity contribution is -0.134. The molecule has 0 saturated carbocycles. The van der Waals surface area contributed by atoms with Gasteiger partial charge in [-0.15, -0.1) is 0 Å². The van der Waals surface area contributed by atoms with Crippen molar-refractivity contribution in [2.45, 2.75) is 51.4 Å². The molecule has 2 aliphatic heterocycles. The number of amides is 2. The van der Waals surface area contributed by atoms with Crippen LogP contribution in [0.5, 0.6) is 0 Å². The summed E-state index contributed by atoms with van der Waals surface area (Å²) in [4.78, 5) is 30.0. The van der Waals surface area contributed by atoms with Gasteiger partial charge in [-0.3, -0.25) is 14.9 Å². The number of nitrogens with zero attached hydrogens (tertiary/aromatic N) is 2. The molecule has 0 aromatic heterocycles. The molecule has 4 rings (SSSR count). The Hall–Kier alpha value is -2.73. The van der Waals surface area contributed by atoms with E-state index < -0.39 is 11.5 Å². The molecule has 2 saturated heterocycles. The second kappa shape index (κ2) is 8.79. The van der Waals surface area contributed by atoms with Gasteiger partial charge in [0.2, 0.25) is 5.91 Å². The Labute approximate surface area is 183 Å². The lowest BCUT2D eigenvalue weighted by Gasteiger charge is -2.45. The van der Waals surface area contributed by atoms with Crippen LogP contribution in [0.1, 0.15) is 49.0 Å². The van der Waals surface area contributed by atoms with Gasteiger partial charge in [0.05, 0.1) is 11.7 Å². The zero-order valence-corrected chi connectivity index (χ0v) is 18.2. The number of hydrogen-bond donors (Lipinski definition) is 1. The molecule has 2 heterocycles. The average Bonchev–Trinajstić information content (AvgIpc) is 3.05. The number of carbonyl (C=O) groups is 2. The highest BCUT2D eigenvalue weighted by Crippen LogP contribution is 2.36. The van der Waals surface area contributed by atoms with E-state index in [2.05, 4.69) is 19.2 Å². The van der Waals surface area contributed by atoms with Gasteiger partial charge >= 0.3 is 0 Å². The fourth-order valence-corrected chi connectivity index (χ4v) is 4.72. The van der Waals surface area contributed by atoms with Crippen molar-refractivity contribution in [3.8, 4) is 0 Å². The summed E-state index contributed by atoms with van der Waals surface area (Å²) in [6.07, 6.45) is 2.22. The number of halogens is 1. The normalized spacial score (nSPS) is 21.5. The van der Waals surface area contributed by atoms with Gasteiger partial charge in [0.25, 0.3) is 5.91 Å². The van der Waals surface area contributed by atoms with Crippen LogP contribution in [0.4, 0.5) is 4.39 Å². The largest absolute Gasteiger partial charge is 0.338 e. The molecule has 2 aromatic rings. The molecule has 31 heavy (non-hydrogen) atoms. The van der Waals surface area contributed by atoms with E-state index in [1.165, 1.54) is 12.1 Å². The first-order valence-electron chi connectivity index (χ1n) is 11.1. The fourth-order valence-electron chi connectivity index (χ4n) is 4.72. The molecule has 2 atom stereocenters. The molecule has 5 nitrogen and oxygen atoms in total. The molecule has 2 fully saturated rings. The van der Waals surface area contributed by atoms with Crippen LogP contribution in [0.25, 0.3) is 0 Å². The van der Waals surface area contributed by atoms with Crippen LogP contribution in [-0.2, 0) is 11.3 Å². The fraction of sp³-hybridized carbons (Fsp3) is 0.440. The smallest absolute Gasteiger partial charge is 0.253 e. The number of likely N-dealkylation sites (tertiary alicyclic amines) is 1. The third-order valence-corrected chi connectivity index (χ3v) is 6.82. The van der Waals surface area contributed by atoms with Gasteiger partial charge in [0, 0.05) is 38.0 Å². The Balaban J connectivity index is 1.54. The average molecular weight is 424 g/mol. The standard InChI is InChI=1S/C25H30FN3O2/c1-3-18(2)22-24(31)29(17-19-8-5-4-6-9-19)25(27-22)12-14-28(15-13-25)23(30)20-10-7-11-21(26)16-20/h4-11,16,18,22,27H,3,12-15,17H2,1-2H3. The van der Waals surface area contributed by atoms with Gasteiger partial charge in [-0.25, -0.2) is 4.39 Å². The van der Waals surface area contributed by atoms with Crippen molar-refractivity contribution in [1.29, 1.82) is 0 Å². The molecular formula is C25H30FN3O2. The zero-order valence-electron chi connectivity index (χ0n) is 18.2. The van der Waals surface area contributed by atoms with Gasteiger partial charge in [0.15, 0.2) is 0 Å². The van der Waals surface area contributed by atoms with E-state index in [-0.39, 0.29) is 23.8 Å². The molecule has 2 unspecified atom stereocenters. The summed E-state index contributed by atoms with van der Waals surface area (Å²) >= 11 is 0. The van der Waals surface area contributed by atoms with Crippen molar-refractivity contribution in [3.63, 3.8) is 0 Å². The first kappa shape index (κ1) is 21.5. The monoisotopic (exact) mass is 423 g/mol. The molecule has 164 valence electrons. The molecule has 2 aromatic carbocycles. The van der Waals surface area contributed by atoms with E-state index in [0.29, 0.717) is 38.0 Å². The second-order valence-electron chi connectivity index (χ2n) is 8.75. The third kappa shape index (κ3) is 4.22. The van der Waals surface area contributed by atoms with Crippen molar-refractivity contribution in [2.75, 3.05) is 13.1 Å². The topological polar surface area (TPSA) is 52.7 Å². The van der Waals surface area contributed by atoms with Gasteiger partial charge in [-0.2, -0.15) is 0 Å². The van der Waals surface area contributed by atoms with E-state index >= 15 is 0 Å². The molecular weight excluding hydrogens is 393 g/mol. The van der Waals surface area contributed by atoms with Crippen LogP contribution < -0.4 is 5.32 Å². The number of benzene rings is 2. The molecule has 2 amide bonds. The highest BCUT2D eigenvalue weighted by Gasteiger charge is 2.52. The number of nitrogens with one attached hydrogen (secondary N) is 1. The third-order valence-electron chi connectivity index (χ3n) is 6.82. The van der Waals surface area contributed by atoms with Crippen molar-refractivity contribution in [3.05, 3.63) is 71.5 Å². The van der Waals surface area contributed by atoms with Crippen LogP contribution in [-0.4, -0.2) is 46.4 Å². The van der Waals surface area contributed by atoms with E-state index in [1.54, 1.807) is 17.0 Å². The van der Waals surface area contributed by atoms with E-state index in [4.69, 9.17) is 0 Å². The predicted octanol–water partition coefficient (Wildman–Crippen LogP) is 3.80. The summed E-state index contributed by atoms with van der Waals surface area (Å²) in [6, 6.07) is 15.7. The Morgan fingerprint density at radius 2 is 1.87 bits per heavy atom. The molecule has 0 aliphatic carbocycles. The zero-order chi connectivity index (χ0) is 22.0. The van der Waals surface area contributed by atoms with Crippen molar-refractivity contribution in [1.82, 2.24) is 15.1 Å². The lowest BCUT2D eigenvalue weighted by atomic mass is 9.94. The van der Waals surface area contributed by atoms with Crippen LogP contribution in [0.15, 0.2) is 54.6 Å². The van der Waals surface area contributed by atoms with Gasteiger partial charge in [0.1, 0.15) is 5.82 Å². The molecule has 1 spiro atoms. The molecule has 1 N–H and O–H groups in total. The highest BCUT2D eigenvalue weighted by atomic mass is 19.1. The maximum absolute atomic E-state index is 13.6. The maximum Gasteiger partial charge on any atom is 0.253 e. The summed E-state index contributed by atoms with van der Waals surface area (Å²) in [5, 5.41) is 3.66. The minimum atomic E-state index is -0.459. The van der Waals surface area contributed by atoms with Gasteiger partial charge in [-0.05, 0) is 29.7 Å². The minimum Gasteiger partial charge on any atom is -0.338 e. The van der Waals surface area contributed by atoms with E-state index in [0.717, 1.165) is 12.0 Å². The lowest BCUT2D eigenvalue weighted by Crippen LogP contribution is -2.59. The number of piperidine rings is 1. The van der Waals surface area contributed by atoms with E-state index in [9.17, 15) is 14.0 Å². The molecule has 6 heteroatoms. The highest BCUT2D eigenvalue weighted by molar-refractivity contribution is 5.94. The minimum absolute atomic E-state index is 0.142. The van der Waals surface area contributed by atoms with Crippen LogP contribution >= 0.6 is 0 Å². The first-order chi connectivity index (χ1) is 14.9. The Morgan fingerprint density at radius 1 is 1.16 bits per heavy atom. The summed E-state index contributed by atoms with van der Waals surface area (Å²) in [6.45, 7) is 5.81. The SMILES string of the molecule is CCC(C)C1NC2(CCN(C(=O)c3cccc(F)c3)CC2)N(Cc2ccccc2)C1=O.